The van der Waals surface area contributed by atoms with Crippen molar-refractivity contribution in [3.8, 4) is 55.7 Å². The Labute approximate surface area is 287 Å². The molecule has 0 amide bonds. The molecule has 0 aliphatic heterocycles. The Bertz CT molecular complexity index is 2990. The van der Waals surface area contributed by atoms with E-state index < -0.39 is 0 Å². The number of para-hydroxylation sites is 2. The van der Waals surface area contributed by atoms with Crippen molar-refractivity contribution in [2.24, 2.45) is 0 Å². The van der Waals surface area contributed by atoms with Crippen LogP contribution in [0, 0.1) is 0 Å². The van der Waals surface area contributed by atoms with Gasteiger partial charge in [0.15, 0.2) is 0 Å². The number of nitrogens with zero attached hydrogens (tertiary/aromatic N) is 3. The molecule has 11 rings (SSSR count). The van der Waals surface area contributed by atoms with E-state index in [1.165, 1.54) is 10.1 Å². The maximum absolute atomic E-state index is 6.72. The van der Waals surface area contributed by atoms with Crippen LogP contribution < -0.4 is 0 Å². The first-order chi connectivity index (χ1) is 24.8. The number of nitrogens with one attached hydrogen (secondary N) is 3. The molecule has 0 saturated carbocycles. The van der Waals surface area contributed by atoms with Crippen molar-refractivity contribution in [1.29, 1.82) is 0 Å². The molecule has 11 aromatic rings. The predicted octanol–water partition coefficient (Wildman–Crippen LogP) is 11.2. The van der Waals surface area contributed by atoms with E-state index in [2.05, 4.69) is 86.0 Å². The Morgan fingerprint density at radius 1 is 0.660 bits per heavy atom. The maximum atomic E-state index is 6.72. The minimum absolute atomic E-state index is 0.703. The molecule has 8 nitrogen and oxygen atoms in total. The summed E-state index contributed by atoms with van der Waals surface area (Å²) in [5.74, 6) is 1.45. The van der Waals surface area contributed by atoms with E-state index in [-0.39, 0.29) is 0 Å². The van der Waals surface area contributed by atoms with Gasteiger partial charge in [-0.25, -0.2) is 4.98 Å². The third kappa shape index (κ3) is 3.95. The molecular weight excluding hydrogens is 641 g/mol. The van der Waals surface area contributed by atoms with Crippen LogP contribution in [0.2, 0.25) is 0 Å². The molecule has 50 heavy (non-hydrogen) atoms. The largest absolute Gasteiger partial charge is 0.456 e. The highest BCUT2D eigenvalue weighted by atomic mass is 32.1. The highest BCUT2D eigenvalue weighted by molar-refractivity contribution is 7.22. The summed E-state index contributed by atoms with van der Waals surface area (Å²) in [4.78, 5) is 13.8. The second-order valence-electron chi connectivity index (χ2n) is 12.3. The first-order valence-corrected chi connectivity index (χ1v) is 17.1. The average Bonchev–Trinajstić information content (AvgIpc) is 4.00. The molecule has 0 aliphatic rings. The van der Waals surface area contributed by atoms with Gasteiger partial charge in [-0.05, 0) is 53.9 Å². The third-order valence-electron chi connectivity index (χ3n) is 9.48. The van der Waals surface area contributed by atoms with E-state index in [1.807, 2.05) is 67.0 Å². The lowest BCUT2D eigenvalue weighted by Gasteiger charge is -2.17. The van der Waals surface area contributed by atoms with Gasteiger partial charge in [-0.2, -0.15) is 0 Å². The van der Waals surface area contributed by atoms with Gasteiger partial charge in [0, 0.05) is 59.9 Å². The molecule has 6 heterocycles. The van der Waals surface area contributed by atoms with Gasteiger partial charge in [0.1, 0.15) is 34.0 Å². The number of furan rings is 2. The number of benzene rings is 5. The number of hydrogen-bond donors (Lipinski definition) is 3. The molecule has 236 valence electrons. The molecule has 9 heteroatoms. The summed E-state index contributed by atoms with van der Waals surface area (Å²) in [7, 11) is 0. The van der Waals surface area contributed by atoms with Crippen LogP contribution in [0.25, 0.3) is 110 Å². The number of hydrogen-bond acceptors (Lipinski definition) is 6. The monoisotopic (exact) mass is 664 g/mol. The predicted molar refractivity (Wildman–Crippen MR) is 200 cm³/mol. The third-order valence-corrected chi connectivity index (χ3v) is 10.6. The van der Waals surface area contributed by atoms with Crippen LogP contribution in [0.3, 0.4) is 0 Å². The lowest BCUT2D eigenvalue weighted by Crippen LogP contribution is -1.96. The van der Waals surface area contributed by atoms with Gasteiger partial charge >= 0.3 is 0 Å². The number of aromatic nitrogens is 6. The number of fused-ring (bicyclic) bond motifs is 6. The quantitative estimate of drug-likeness (QED) is 0.169. The molecule has 6 aromatic heterocycles. The van der Waals surface area contributed by atoms with Crippen LogP contribution in [-0.4, -0.2) is 30.4 Å². The zero-order valence-electron chi connectivity index (χ0n) is 26.2. The SMILES string of the molecule is c1c[nH]c(-c2c(-c3c[nH]nn3)c(-c3cc4ccccc4s3)c(-c3cc4ccccc4o3)c3[nH]c(-c4cccc5oc6ccccc6c45)nc23)c1. The second kappa shape index (κ2) is 10.4. The topological polar surface area (TPSA) is 112 Å². The average molecular weight is 665 g/mol. The van der Waals surface area contributed by atoms with Crippen LogP contribution in [-0.2, 0) is 0 Å². The lowest BCUT2D eigenvalue weighted by atomic mass is 9.88. The summed E-state index contributed by atoms with van der Waals surface area (Å²) in [6.45, 7) is 0. The van der Waals surface area contributed by atoms with Gasteiger partial charge in [-0.15, -0.1) is 16.4 Å². The number of H-pyrrole nitrogens is 3. The molecule has 3 N–H and O–H groups in total. The Morgan fingerprint density at radius 2 is 1.50 bits per heavy atom. The van der Waals surface area contributed by atoms with Gasteiger partial charge in [-0.3, -0.25) is 5.10 Å². The van der Waals surface area contributed by atoms with E-state index in [4.69, 9.17) is 13.8 Å². The molecule has 5 aromatic carbocycles. The van der Waals surface area contributed by atoms with E-state index in [0.29, 0.717) is 5.69 Å². The summed E-state index contributed by atoms with van der Waals surface area (Å²) < 4.78 is 14.2. The standard InChI is InChI=1S/C41H24N6O2S/c1-4-14-28-22(9-1)19-31(48-28)37-38(33-20-23-10-2-6-17-32(23)50-33)35(27-21-43-47-46-27)36(26-13-8-18-42-26)39-40(37)45-41(44-39)25-12-7-16-30-34(25)24-11-3-5-15-29(24)49-30/h1-21,42H,(H,44,45)(H,43,46,47). The summed E-state index contributed by atoms with van der Waals surface area (Å²) in [6.07, 6.45) is 3.78. The molecular formula is C41H24N6O2S. The van der Waals surface area contributed by atoms with Crippen LogP contribution in [0.4, 0.5) is 0 Å². The fraction of sp³-hybridized carbons (Fsp3) is 0. The fourth-order valence-electron chi connectivity index (χ4n) is 7.36. The smallest absolute Gasteiger partial charge is 0.139 e. The number of thiophene rings is 1. The van der Waals surface area contributed by atoms with Gasteiger partial charge < -0.3 is 18.8 Å². The molecule has 0 bridgehead atoms. The van der Waals surface area contributed by atoms with Crippen molar-refractivity contribution in [2.75, 3.05) is 0 Å². The molecule has 0 aliphatic carbocycles. The van der Waals surface area contributed by atoms with Crippen molar-refractivity contribution < 1.29 is 8.83 Å². The molecule has 0 fully saturated rings. The lowest BCUT2D eigenvalue weighted by molar-refractivity contribution is 0.632. The van der Waals surface area contributed by atoms with Crippen molar-refractivity contribution in [1.82, 2.24) is 30.4 Å². The van der Waals surface area contributed by atoms with Crippen LogP contribution in [0.1, 0.15) is 0 Å². The van der Waals surface area contributed by atoms with Gasteiger partial charge in [0.05, 0.1) is 22.8 Å². The van der Waals surface area contributed by atoms with Crippen LogP contribution >= 0.6 is 11.3 Å². The van der Waals surface area contributed by atoms with E-state index >= 15 is 0 Å². The van der Waals surface area contributed by atoms with E-state index in [9.17, 15) is 0 Å². The minimum Gasteiger partial charge on any atom is -0.456 e. The van der Waals surface area contributed by atoms with Crippen molar-refractivity contribution in [3.63, 3.8) is 0 Å². The maximum Gasteiger partial charge on any atom is 0.139 e. The van der Waals surface area contributed by atoms with Crippen LogP contribution in [0.5, 0.6) is 0 Å². The van der Waals surface area contributed by atoms with Crippen LogP contribution in [0.15, 0.2) is 136 Å². The highest BCUT2D eigenvalue weighted by Crippen LogP contribution is 2.53. The molecule has 0 radical (unpaired) electrons. The molecule has 0 saturated heterocycles. The Balaban J connectivity index is 1.34. The van der Waals surface area contributed by atoms with Gasteiger partial charge in [0.2, 0.25) is 0 Å². The normalized spacial score (nSPS) is 12.0. The first-order valence-electron chi connectivity index (χ1n) is 16.3. The first kappa shape index (κ1) is 27.3. The molecule has 0 unspecified atom stereocenters. The van der Waals surface area contributed by atoms with Crippen molar-refractivity contribution in [2.45, 2.75) is 0 Å². The van der Waals surface area contributed by atoms with Gasteiger partial charge in [-0.1, -0.05) is 71.9 Å². The van der Waals surface area contributed by atoms with Crippen molar-refractivity contribution >= 4 is 65.4 Å². The zero-order chi connectivity index (χ0) is 32.8. The van der Waals surface area contributed by atoms with E-state index in [0.717, 1.165) is 93.9 Å². The minimum atomic E-state index is 0.703. The summed E-state index contributed by atoms with van der Waals surface area (Å²) in [6, 6.07) is 39.3. The zero-order valence-corrected chi connectivity index (χ0v) is 27.0. The second-order valence-corrected chi connectivity index (χ2v) is 13.4. The number of aromatic amines is 3. The Kier molecular flexibility index (Phi) is 5.67. The van der Waals surface area contributed by atoms with Gasteiger partial charge in [0.25, 0.3) is 0 Å². The summed E-state index contributed by atoms with van der Waals surface area (Å²) >= 11 is 1.74. The molecule has 0 spiro atoms. The van der Waals surface area contributed by atoms with E-state index in [1.54, 1.807) is 11.3 Å². The highest BCUT2D eigenvalue weighted by Gasteiger charge is 2.31. The Hall–Kier alpha value is -6.71. The molecule has 0 atom stereocenters. The van der Waals surface area contributed by atoms with Crippen molar-refractivity contribution in [3.05, 3.63) is 128 Å². The Morgan fingerprint density at radius 3 is 2.34 bits per heavy atom. The summed E-state index contributed by atoms with van der Waals surface area (Å²) in [5, 5.41) is 16.0. The fourth-order valence-corrected chi connectivity index (χ4v) is 8.48. The number of imidazole rings is 1. The summed E-state index contributed by atoms with van der Waals surface area (Å²) in [5.41, 5.74) is 10.4. The number of rotatable bonds is 5.